The summed E-state index contributed by atoms with van der Waals surface area (Å²) in [5.74, 6) is 0. The molecule has 3 aromatic rings. The number of halogens is 1. The number of fused-ring (bicyclic) bond motifs is 1. The SMILES string of the molecule is Cc1cc([C@H]2[C@@H](c3ccccn3)N=C3S[C@@H](C)CN32)c(C)n1-c1cccc(Cl)c1. The topological polar surface area (TPSA) is 33.4 Å². The number of pyridine rings is 1. The van der Waals surface area contributed by atoms with Crippen LogP contribution in [0.4, 0.5) is 0 Å². The number of aliphatic imine (C=N–C) groups is 1. The van der Waals surface area contributed by atoms with Crippen LogP contribution in [0.25, 0.3) is 5.69 Å². The minimum absolute atomic E-state index is 0.0134. The minimum atomic E-state index is 0.0134. The Morgan fingerprint density at radius 1 is 1.10 bits per heavy atom. The number of nitrogens with zero attached hydrogens (tertiary/aromatic N) is 4. The van der Waals surface area contributed by atoms with E-state index in [0.717, 1.165) is 28.1 Å². The first-order valence-corrected chi connectivity index (χ1v) is 11.2. The number of hydrogen-bond acceptors (Lipinski definition) is 4. The van der Waals surface area contributed by atoms with Gasteiger partial charge in [-0.1, -0.05) is 42.4 Å². The highest BCUT2D eigenvalue weighted by molar-refractivity contribution is 8.14. The van der Waals surface area contributed by atoms with Crippen molar-refractivity contribution in [3.63, 3.8) is 0 Å². The Bertz CT molecular complexity index is 1090. The normalized spacial score (nSPS) is 23.4. The molecule has 0 amide bonds. The summed E-state index contributed by atoms with van der Waals surface area (Å²) in [6, 6.07) is 16.6. The Hall–Kier alpha value is -2.24. The molecule has 29 heavy (non-hydrogen) atoms. The summed E-state index contributed by atoms with van der Waals surface area (Å²) in [6.45, 7) is 7.64. The highest BCUT2D eigenvalue weighted by Crippen LogP contribution is 2.48. The molecule has 3 atom stereocenters. The van der Waals surface area contributed by atoms with Crippen LogP contribution in [0.15, 0.2) is 59.7 Å². The predicted octanol–water partition coefficient (Wildman–Crippen LogP) is 5.73. The van der Waals surface area contributed by atoms with Crippen LogP contribution in [0.2, 0.25) is 5.02 Å². The van der Waals surface area contributed by atoms with Gasteiger partial charge in [0, 0.05) is 40.1 Å². The Labute approximate surface area is 180 Å². The molecule has 0 unspecified atom stereocenters. The van der Waals surface area contributed by atoms with Crippen LogP contribution in [0, 0.1) is 13.8 Å². The Balaban J connectivity index is 1.63. The lowest BCUT2D eigenvalue weighted by molar-refractivity contribution is 0.320. The van der Waals surface area contributed by atoms with Crippen LogP contribution < -0.4 is 0 Å². The average Bonchev–Trinajstić information content (AvgIpc) is 3.32. The number of aromatic nitrogens is 2. The number of aryl methyl sites for hydroxylation is 1. The second kappa shape index (κ2) is 7.22. The van der Waals surface area contributed by atoms with Crippen molar-refractivity contribution in [2.75, 3.05) is 6.54 Å². The van der Waals surface area contributed by atoms with E-state index < -0.39 is 0 Å². The molecule has 2 aromatic heterocycles. The number of benzene rings is 1. The van der Waals surface area contributed by atoms with Crippen LogP contribution in [-0.4, -0.2) is 31.4 Å². The molecule has 1 fully saturated rings. The first kappa shape index (κ1) is 18.8. The number of amidine groups is 1. The maximum Gasteiger partial charge on any atom is 0.160 e. The molecular formula is C23H23ClN4S. The molecule has 0 spiro atoms. The average molecular weight is 423 g/mol. The zero-order chi connectivity index (χ0) is 20.1. The zero-order valence-corrected chi connectivity index (χ0v) is 18.3. The van der Waals surface area contributed by atoms with Crippen molar-refractivity contribution in [2.24, 2.45) is 4.99 Å². The van der Waals surface area contributed by atoms with Crippen molar-refractivity contribution >= 4 is 28.5 Å². The van der Waals surface area contributed by atoms with Gasteiger partial charge in [-0.15, -0.1) is 0 Å². The summed E-state index contributed by atoms with van der Waals surface area (Å²) in [4.78, 5) is 12.2. The van der Waals surface area contributed by atoms with E-state index in [1.54, 1.807) is 0 Å². The van der Waals surface area contributed by atoms with Gasteiger partial charge in [-0.3, -0.25) is 9.98 Å². The van der Waals surface area contributed by atoms with Crippen molar-refractivity contribution in [1.82, 2.24) is 14.5 Å². The van der Waals surface area contributed by atoms with Gasteiger partial charge in [-0.2, -0.15) is 0 Å². The fourth-order valence-electron chi connectivity index (χ4n) is 4.55. The van der Waals surface area contributed by atoms with Crippen molar-refractivity contribution < 1.29 is 0 Å². The molecule has 0 aliphatic carbocycles. The van der Waals surface area contributed by atoms with Gasteiger partial charge in [0.15, 0.2) is 5.17 Å². The van der Waals surface area contributed by atoms with Gasteiger partial charge in [0.05, 0.1) is 11.7 Å². The van der Waals surface area contributed by atoms with Crippen LogP contribution in [-0.2, 0) is 0 Å². The van der Waals surface area contributed by atoms with Crippen LogP contribution in [0.5, 0.6) is 0 Å². The maximum atomic E-state index is 6.27. The van der Waals surface area contributed by atoms with Crippen molar-refractivity contribution in [3.8, 4) is 5.69 Å². The summed E-state index contributed by atoms with van der Waals surface area (Å²) in [5.41, 5.74) is 5.87. The summed E-state index contributed by atoms with van der Waals surface area (Å²) in [7, 11) is 0. The molecule has 1 aromatic carbocycles. The Morgan fingerprint density at radius 2 is 1.97 bits per heavy atom. The highest BCUT2D eigenvalue weighted by atomic mass is 35.5. The summed E-state index contributed by atoms with van der Waals surface area (Å²) >= 11 is 8.15. The number of rotatable bonds is 3. The standard InChI is InChI=1S/C23H23ClN4S/c1-14-11-19(16(3)28(14)18-8-6-7-17(24)12-18)22-21(20-9-4-5-10-25-20)26-23-27(22)13-15(2)29-23/h4-12,15,21-22H,13H2,1-3H3/t15-,21+,22-/m0/s1. The third-order valence-corrected chi connectivity index (χ3v) is 7.07. The van der Waals surface area contributed by atoms with E-state index in [-0.39, 0.29) is 12.1 Å². The quantitative estimate of drug-likeness (QED) is 0.540. The van der Waals surface area contributed by atoms with Crippen molar-refractivity contribution in [2.45, 2.75) is 38.1 Å². The fourth-order valence-corrected chi connectivity index (χ4v) is 5.83. The molecule has 4 nitrogen and oxygen atoms in total. The Morgan fingerprint density at radius 3 is 2.72 bits per heavy atom. The predicted molar refractivity (Wildman–Crippen MR) is 121 cm³/mol. The first-order chi connectivity index (χ1) is 14.0. The zero-order valence-electron chi connectivity index (χ0n) is 16.7. The van der Waals surface area contributed by atoms with E-state index in [2.05, 4.69) is 53.4 Å². The second-order valence-electron chi connectivity index (χ2n) is 7.78. The lowest BCUT2D eigenvalue weighted by Crippen LogP contribution is -2.28. The van der Waals surface area contributed by atoms with E-state index in [9.17, 15) is 0 Å². The molecule has 4 heterocycles. The first-order valence-electron chi connectivity index (χ1n) is 9.89. The molecule has 0 bridgehead atoms. The highest BCUT2D eigenvalue weighted by Gasteiger charge is 2.44. The lowest BCUT2D eigenvalue weighted by Gasteiger charge is -2.27. The summed E-state index contributed by atoms with van der Waals surface area (Å²) < 4.78 is 2.29. The maximum absolute atomic E-state index is 6.27. The summed E-state index contributed by atoms with van der Waals surface area (Å²) in [5, 5.41) is 2.45. The number of hydrogen-bond donors (Lipinski definition) is 0. The van der Waals surface area contributed by atoms with Crippen LogP contribution in [0.3, 0.4) is 0 Å². The lowest BCUT2D eigenvalue weighted by atomic mass is 9.96. The minimum Gasteiger partial charge on any atom is -0.341 e. The molecule has 5 rings (SSSR count). The van der Waals surface area contributed by atoms with Gasteiger partial charge in [0.1, 0.15) is 6.04 Å². The van der Waals surface area contributed by atoms with Gasteiger partial charge in [-0.05, 0) is 55.8 Å². The molecule has 2 aliphatic heterocycles. The monoisotopic (exact) mass is 422 g/mol. The van der Waals surface area contributed by atoms with E-state index in [4.69, 9.17) is 16.6 Å². The van der Waals surface area contributed by atoms with Gasteiger partial charge < -0.3 is 9.47 Å². The van der Waals surface area contributed by atoms with Gasteiger partial charge in [-0.25, -0.2) is 0 Å². The third-order valence-electron chi connectivity index (χ3n) is 5.74. The molecular weight excluding hydrogens is 400 g/mol. The summed E-state index contributed by atoms with van der Waals surface area (Å²) in [6.07, 6.45) is 1.86. The molecule has 0 radical (unpaired) electrons. The van der Waals surface area contributed by atoms with Gasteiger partial charge >= 0.3 is 0 Å². The third kappa shape index (κ3) is 3.17. The molecule has 148 valence electrons. The van der Waals surface area contributed by atoms with E-state index in [1.165, 1.54) is 17.0 Å². The smallest absolute Gasteiger partial charge is 0.160 e. The van der Waals surface area contributed by atoms with Gasteiger partial charge in [0.25, 0.3) is 0 Å². The van der Waals surface area contributed by atoms with Crippen LogP contribution in [0.1, 0.15) is 41.7 Å². The molecule has 6 heteroatoms. The van der Waals surface area contributed by atoms with Crippen molar-refractivity contribution in [1.29, 1.82) is 0 Å². The van der Waals surface area contributed by atoms with Crippen LogP contribution >= 0.6 is 23.4 Å². The molecule has 0 N–H and O–H groups in total. The largest absolute Gasteiger partial charge is 0.341 e. The van der Waals surface area contributed by atoms with Crippen molar-refractivity contribution in [3.05, 3.63) is 82.4 Å². The Kier molecular flexibility index (Phi) is 4.67. The fraction of sp³-hybridized carbons (Fsp3) is 0.304. The van der Waals surface area contributed by atoms with E-state index in [0.29, 0.717) is 5.25 Å². The molecule has 0 saturated carbocycles. The van der Waals surface area contributed by atoms with Gasteiger partial charge in [0.2, 0.25) is 0 Å². The number of thioether (sulfide) groups is 1. The van der Waals surface area contributed by atoms with E-state index in [1.807, 2.05) is 48.3 Å². The molecule has 2 aliphatic rings. The van der Waals surface area contributed by atoms with E-state index >= 15 is 0 Å². The molecule has 1 saturated heterocycles. The second-order valence-corrected chi connectivity index (χ2v) is 9.62.